The quantitative estimate of drug-likeness (QED) is 0.340. The monoisotopic (exact) mass is 585 g/mol. The van der Waals surface area contributed by atoms with Gasteiger partial charge in [0.05, 0.1) is 12.3 Å². The van der Waals surface area contributed by atoms with E-state index in [4.69, 9.17) is 4.74 Å². The van der Waals surface area contributed by atoms with E-state index in [1.54, 1.807) is 31.4 Å². The van der Waals surface area contributed by atoms with Crippen molar-refractivity contribution in [2.24, 2.45) is 0 Å². The molecule has 3 aromatic rings. The molecule has 1 heterocycles. The predicted octanol–water partition coefficient (Wildman–Crippen LogP) is 4.98. The average molecular weight is 586 g/mol. The van der Waals surface area contributed by atoms with E-state index in [0.29, 0.717) is 30.8 Å². The van der Waals surface area contributed by atoms with Gasteiger partial charge in [-0.25, -0.2) is 8.78 Å². The van der Waals surface area contributed by atoms with Gasteiger partial charge in [0.1, 0.15) is 17.4 Å². The molecule has 1 N–H and O–H groups in total. The maximum atomic E-state index is 13.8. The first kappa shape index (κ1) is 29.7. The first-order chi connectivity index (χ1) is 18.9. The first-order valence-electron chi connectivity index (χ1n) is 12.3. The van der Waals surface area contributed by atoms with Crippen LogP contribution in [0.4, 0.5) is 27.6 Å². The molecular weight excluding hydrogens is 557 g/mol. The van der Waals surface area contributed by atoms with Crippen LogP contribution in [0, 0.1) is 11.6 Å². The fourth-order valence-corrected chi connectivity index (χ4v) is 5.99. The van der Waals surface area contributed by atoms with Crippen LogP contribution in [0.3, 0.4) is 0 Å². The van der Waals surface area contributed by atoms with Crippen molar-refractivity contribution in [2.75, 3.05) is 44.6 Å². The van der Waals surface area contributed by atoms with Gasteiger partial charge in [-0.05, 0) is 59.7 Å². The lowest BCUT2D eigenvalue weighted by Crippen LogP contribution is -2.58. The Balaban J connectivity index is 1.63. The SMILES string of the molecule is COCCN1CCN(S(=O)(=O)Nc2ccc(OC(F)(F)F)cc2)CC1C(c1ccc(F)cc1)c1ccc(F)cc1. The topological polar surface area (TPSA) is 71.1 Å². The Kier molecular flexibility index (Phi) is 9.29. The number of hydrogen-bond donors (Lipinski definition) is 1. The van der Waals surface area contributed by atoms with Crippen LogP contribution in [0.25, 0.3) is 0 Å². The number of alkyl halides is 3. The maximum Gasteiger partial charge on any atom is 0.573 e. The van der Waals surface area contributed by atoms with Crippen LogP contribution in [0.15, 0.2) is 72.8 Å². The van der Waals surface area contributed by atoms with E-state index in [0.717, 1.165) is 12.1 Å². The van der Waals surface area contributed by atoms with Crippen molar-refractivity contribution in [3.05, 3.63) is 95.6 Å². The molecule has 0 radical (unpaired) electrons. The number of piperazine rings is 1. The molecule has 7 nitrogen and oxygen atoms in total. The Hall–Kier alpha value is -3.26. The molecule has 1 aliphatic rings. The van der Waals surface area contributed by atoms with Gasteiger partial charge in [0.15, 0.2) is 0 Å². The first-order valence-corrected chi connectivity index (χ1v) is 13.8. The molecule has 0 aromatic heterocycles. The highest BCUT2D eigenvalue weighted by Gasteiger charge is 2.39. The van der Waals surface area contributed by atoms with Crippen LogP contribution in [-0.4, -0.2) is 69.9 Å². The highest BCUT2D eigenvalue weighted by molar-refractivity contribution is 7.90. The number of ether oxygens (including phenoxy) is 2. The fraction of sp³-hybridized carbons (Fsp3) is 0.333. The molecule has 3 aromatic carbocycles. The third-order valence-corrected chi connectivity index (χ3v) is 8.10. The molecule has 1 aliphatic heterocycles. The Morgan fingerprint density at radius 3 is 1.95 bits per heavy atom. The summed E-state index contributed by atoms with van der Waals surface area (Å²) in [5.74, 6) is -1.79. The molecule has 0 spiro atoms. The lowest BCUT2D eigenvalue weighted by atomic mass is 9.83. The van der Waals surface area contributed by atoms with Gasteiger partial charge in [-0.3, -0.25) is 9.62 Å². The van der Waals surface area contributed by atoms with Crippen LogP contribution in [0.5, 0.6) is 5.75 Å². The zero-order valence-corrected chi connectivity index (χ0v) is 22.3. The second-order valence-electron chi connectivity index (χ2n) is 9.21. The van der Waals surface area contributed by atoms with Gasteiger partial charge in [0.25, 0.3) is 0 Å². The van der Waals surface area contributed by atoms with Gasteiger partial charge in [0, 0.05) is 45.2 Å². The minimum Gasteiger partial charge on any atom is -0.406 e. The molecular formula is C27H28F5N3O4S. The smallest absolute Gasteiger partial charge is 0.406 e. The summed E-state index contributed by atoms with van der Waals surface area (Å²) in [6, 6.07) is 15.7. The minimum atomic E-state index is -4.87. The molecule has 40 heavy (non-hydrogen) atoms. The van der Waals surface area contributed by atoms with E-state index in [1.807, 2.05) is 0 Å². The standard InChI is InChI=1S/C27H28F5N3O4S/c1-38-17-16-34-14-15-35(40(36,37)33-23-10-12-24(13-11-23)39-27(30,31)32)18-25(34)26(19-2-6-21(28)7-3-19)20-4-8-22(29)9-5-20/h2-13,25-26,33H,14-18H2,1H3. The normalized spacial score (nSPS) is 17.2. The second kappa shape index (κ2) is 12.5. The maximum absolute atomic E-state index is 13.8. The number of nitrogens with zero attached hydrogens (tertiary/aromatic N) is 2. The lowest BCUT2D eigenvalue weighted by Gasteiger charge is -2.44. The van der Waals surface area contributed by atoms with E-state index >= 15 is 0 Å². The lowest BCUT2D eigenvalue weighted by molar-refractivity contribution is -0.274. The Labute approximate surface area is 229 Å². The van der Waals surface area contributed by atoms with Crippen LogP contribution in [-0.2, 0) is 14.9 Å². The van der Waals surface area contributed by atoms with Gasteiger partial charge in [-0.15, -0.1) is 13.2 Å². The van der Waals surface area contributed by atoms with Crippen molar-refractivity contribution >= 4 is 15.9 Å². The number of benzene rings is 3. The predicted molar refractivity (Wildman–Crippen MR) is 139 cm³/mol. The molecule has 4 rings (SSSR count). The highest BCUT2D eigenvalue weighted by Crippen LogP contribution is 2.34. The molecule has 216 valence electrons. The Morgan fingerprint density at radius 1 is 0.900 bits per heavy atom. The molecule has 0 bridgehead atoms. The fourth-order valence-electron chi connectivity index (χ4n) is 4.76. The molecule has 1 unspecified atom stereocenters. The van der Waals surface area contributed by atoms with Crippen molar-refractivity contribution in [3.63, 3.8) is 0 Å². The number of halogens is 5. The number of hydrogen-bond acceptors (Lipinski definition) is 5. The third kappa shape index (κ3) is 7.68. The Bertz CT molecular complexity index is 1310. The van der Waals surface area contributed by atoms with E-state index in [1.165, 1.54) is 40.7 Å². The zero-order chi connectivity index (χ0) is 28.9. The summed E-state index contributed by atoms with van der Waals surface area (Å²) in [7, 11) is -2.57. The molecule has 0 aliphatic carbocycles. The van der Waals surface area contributed by atoms with Crippen molar-refractivity contribution in [1.29, 1.82) is 0 Å². The minimum absolute atomic E-state index is 0.0216. The molecule has 1 atom stereocenters. The summed E-state index contributed by atoms with van der Waals surface area (Å²) < 4.78 is 104. The third-order valence-electron chi connectivity index (χ3n) is 6.60. The summed E-state index contributed by atoms with van der Waals surface area (Å²) >= 11 is 0. The molecule has 0 amide bonds. The highest BCUT2D eigenvalue weighted by atomic mass is 32.2. The summed E-state index contributed by atoms with van der Waals surface area (Å²) in [5.41, 5.74) is 1.49. The molecule has 0 saturated carbocycles. The van der Waals surface area contributed by atoms with E-state index in [9.17, 15) is 30.4 Å². The summed E-state index contributed by atoms with van der Waals surface area (Å²) in [5, 5.41) is 0. The van der Waals surface area contributed by atoms with E-state index in [-0.39, 0.29) is 18.8 Å². The van der Waals surface area contributed by atoms with Crippen LogP contribution in [0.1, 0.15) is 17.0 Å². The van der Waals surface area contributed by atoms with E-state index < -0.39 is 45.9 Å². The van der Waals surface area contributed by atoms with Crippen molar-refractivity contribution < 1.29 is 39.8 Å². The van der Waals surface area contributed by atoms with Crippen molar-refractivity contribution in [3.8, 4) is 5.75 Å². The van der Waals surface area contributed by atoms with Gasteiger partial charge < -0.3 is 9.47 Å². The summed E-state index contributed by atoms with van der Waals surface area (Å²) in [6.07, 6.45) is -4.87. The van der Waals surface area contributed by atoms with Crippen molar-refractivity contribution in [2.45, 2.75) is 18.3 Å². The van der Waals surface area contributed by atoms with Gasteiger partial charge >= 0.3 is 16.6 Å². The van der Waals surface area contributed by atoms with Crippen LogP contribution < -0.4 is 9.46 Å². The number of anilines is 1. The Morgan fingerprint density at radius 2 is 1.45 bits per heavy atom. The summed E-state index contributed by atoms with van der Waals surface area (Å²) in [4.78, 5) is 2.08. The largest absolute Gasteiger partial charge is 0.573 e. The number of nitrogens with one attached hydrogen (secondary N) is 1. The summed E-state index contributed by atoms with van der Waals surface area (Å²) in [6.45, 7) is 1.36. The van der Waals surface area contributed by atoms with E-state index in [2.05, 4.69) is 14.4 Å². The van der Waals surface area contributed by atoms with Gasteiger partial charge in [-0.2, -0.15) is 12.7 Å². The van der Waals surface area contributed by atoms with Crippen molar-refractivity contribution in [1.82, 2.24) is 9.21 Å². The second-order valence-corrected chi connectivity index (χ2v) is 10.9. The van der Waals surface area contributed by atoms with Gasteiger partial charge in [0.2, 0.25) is 0 Å². The molecule has 1 saturated heterocycles. The van der Waals surface area contributed by atoms with Crippen LogP contribution in [0.2, 0.25) is 0 Å². The average Bonchev–Trinajstić information content (AvgIpc) is 2.90. The number of methoxy groups -OCH3 is 1. The number of rotatable bonds is 10. The van der Waals surface area contributed by atoms with Gasteiger partial charge in [-0.1, -0.05) is 24.3 Å². The molecule has 1 fully saturated rings. The van der Waals surface area contributed by atoms with Crippen LogP contribution >= 0.6 is 0 Å². The zero-order valence-electron chi connectivity index (χ0n) is 21.4. The molecule has 13 heteroatoms.